The molecule has 3 saturated carbocycles. The number of anilines is 2. The first-order valence-electron chi connectivity index (χ1n) is 8.33. The van der Waals surface area contributed by atoms with Gasteiger partial charge < -0.3 is 10.7 Å². The van der Waals surface area contributed by atoms with Crippen molar-refractivity contribution < 1.29 is 0 Å². The number of hydrazine groups is 1. The van der Waals surface area contributed by atoms with Gasteiger partial charge in [0.25, 0.3) is 0 Å². The molecule has 3 aliphatic carbocycles. The fourth-order valence-electron chi connectivity index (χ4n) is 4.22. The number of fused-ring (bicyclic) bond motifs is 2. The number of hydrogen-bond donors (Lipinski definition) is 3. The highest BCUT2D eigenvalue weighted by atomic mass is 15.3. The minimum atomic E-state index is 0.542. The zero-order valence-electron chi connectivity index (χ0n) is 12.7. The van der Waals surface area contributed by atoms with Gasteiger partial charge in [-0.1, -0.05) is 6.42 Å². The van der Waals surface area contributed by atoms with Crippen molar-refractivity contribution in [2.75, 3.05) is 17.3 Å². The molecule has 4 N–H and O–H groups in total. The molecule has 0 amide bonds. The Labute approximate surface area is 126 Å². The molecule has 2 bridgehead atoms. The second-order valence-corrected chi connectivity index (χ2v) is 7.14. The third-order valence-electron chi connectivity index (χ3n) is 5.66. The van der Waals surface area contributed by atoms with Crippen LogP contribution in [0.15, 0.2) is 0 Å². The van der Waals surface area contributed by atoms with E-state index >= 15 is 0 Å². The molecule has 1 aromatic heterocycles. The lowest BCUT2D eigenvalue weighted by Gasteiger charge is -2.23. The molecule has 114 valence electrons. The SMILES string of the molecule is Cc1c(NN)nc(C2CC2)nc1NCC1CC2CCC1C2. The Balaban J connectivity index is 1.49. The highest BCUT2D eigenvalue weighted by Crippen LogP contribution is 2.48. The Morgan fingerprint density at radius 3 is 2.52 bits per heavy atom. The van der Waals surface area contributed by atoms with Crippen LogP contribution in [0.1, 0.15) is 55.8 Å². The van der Waals surface area contributed by atoms with E-state index < -0.39 is 0 Å². The van der Waals surface area contributed by atoms with Gasteiger partial charge in [-0.2, -0.15) is 0 Å². The van der Waals surface area contributed by atoms with Gasteiger partial charge in [0.1, 0.15) is 17.5 Å². The van der Waals surface area contributed by atoms with Crippen LogP contribution in [0.3, 0.4) is 0 Å². The largest absolute Gasteiger partial charge is 0.369 e. The van der Waals surface area contributed by atoms with E-state index in [1.165, 1.54) is 38.5 Å². The van der Waals surface area contributed by atoms with Crippen molar-refractivity contribution in [1.82, 2.24) is 9.97 Å². The maximum Gasteiger partial charge on any atom is 0.148 e. The first-order valence-corrected chi connectivity index (χ1v) is 8.33. The van der Waals surface area contributed by atoms with E-state index in [2.05, 4.69) is 15.7 Å². The van der Waals surface area contributed by atoms with Crippen molar-refractivity contribution in [3.05, 3.63) is 11.4 Å². The van der Waals surface area contributed by atoms with Gasteiger partial charge in [-0.3, -0.25) is 0 Å². The molecule has 4 rings (SSSR count). The molecular weight excluding hydrogens is 262 g/mol. The molecule has 5 nitrogen and oxygen atoms in total. The smallest absolute Gasteiger partial charge is 0.148 e. The average Bonchev–Trinajstić information content (AvgIpc) is 3.14. The quantitative estimate of drug-likeness (QED) is 0.573. The van der Waals surface area contributed by atoms with Gasteiger partial charge in [-0.25, -0.2) is 15.8 Å². The molecule has 0 aliphatic heterocycles. The number of nitrogens with zero attached hydrogens (tertiary/aromatic N) is 2. The van der Waals surface area contributed by atoms with Crippen LogP contribution < -0.4 is 16.6 Å². The monoisotopic (exact) mass is 287 g/mol. The summed E-state index contributed by atoms with van der Waals surface area (Å²) in [6.45, 7) is 3.09. The molecule has 21 heavy (non-hydrogen) atoms. The second kappa shape index (κ2) is 5.13. The minimum absolute atomic E-state index is 0.542. The van der Waals surface area contributed by atoms with Crippen LogP contribution in [0.2, 0.25) is 0 Å². The van der Waals surface area contributed by atoms with E-state index in [0.29, 0.717) is 5.92 Å². The molecule has 0 radical (unpaired) electrons. The van der Waals surface area contributed by atoms with Crippen molar-refractivity contribution in [2.24, 2.45) is 23.6 Å². The summed E-state index contributed by atoms with van der Waals surface area (Å²) in [5.41, 5.74) is 3.76. The lowest BCUT2D eigenvalue weighted by atomic mass is 9.89. The fourth-order valence-corrected chi connectivity index (χ4v) is 4.22. The van der Waals surface area contributed by atoms with Crippen LogP contribution in [-0.4, -0.2) is 16.5 Å². The maximum absolute atomic E-state index is 5.61. The Hall–Kier alpha value is -1.36. The zero-order valence-corrected chi connectivity index (χ0v) is 12.7. The van der Waals surface area contributed by atoms with Crippen LogP contribution in [0.25, 0.3) is 0 Å². The fraction of sp³-hybridized carbons (Fsp3) is 0.750. The van der Waals surface area contributed by atoms with Crippen molar-refractivity contribution in [1.29, 1.82) is 0 Å². The van der Waals surface area contributed by atoms with E-state index in [0.717, 1.165) is 47.3 Å². The summed E-state index contributed by atoms with van der Waals surface area (Å²) in [6, 6.07) is 0. The molecule has 0 aromatic carbocycles. The summed E-state index contributed by atoms with van der Waals surface area (Å²) < 4.78 is 0. The molecule has 5 heteroatoms. The summed E-state index contributed by atoms with van der Waals surface area (Å²) in [7, 11) is 0. The van der Waals surface area contributed by atoms with Gasteiger partial charge in [0, 0.05) is 18.0 Å². The first kappa shape index (κ1) is 13.3. The second-order valence-electron chi connectivity index (χ2n) is 7.14. The number of aromatic nitrogens is 2. The number of rotatable bonds is 5. The predicted octanol–water partition coefficient (Wildman–Crippen LogP) is 2.80. The third-order valence-corrected chi connectivity index (χ3v) is 5.66. The third kappa shape index (κ3) is 2.48. The van der Waals surface area contributed by atoms with E-state index in [4.69, 9.17) is 10.8 Å². The maximum atomic E-state index is 5.61. The van der Waals surface area contributed by atoms with Crippen LogP contribution in [0.5, 0.6) is 0 Å². The lowest BCUT2D eigenvalue weighted by Crippen LogP contribution is -2.22. The highest BCUT2D eigenvalue weighted by Gasteiger charge is 2.39. The summed E-state index contributed by atoms with van der Waals surface area (Å²) >= 11 is 0. The molecular formula is C16H25N5. The van der Waals surface area contributed by atoms with E-state index in [-0.39, 0.29) is 0 Å². The van der Waals surface area contributed by atoms with Gasteiger partial charge in [0.2, 0.25) is 0 Å². The molecule has 1 aromatic rings. The Morgan fingerprint density at radius 1 is 1.10 bits per heavy atom. The molecule has 0 spiro atoms. The van der Waals surface area contributed by atoms with E-state index in [1.54, 1.807) is 0 Å². The summed E-state index contributed by atoms with van der Waals surface area (Å²) in [6.07, 6.45) is 8.17. The van der Waals surface area contributed by atoms with Crippen LogP contribution >= 0.6 is 0 Å². The standard InChI is InChI=1S/C16H25N5/c1-9-14(18-8-13-7-10-2-3-12(13)6-10)19-16(11-4-5-11)20-15(9)21-17/h10-13H,2-8,17H2,1H3,(H2,18,19,20,21). The van der Waals surface area contributed by atoms with Gasteiger partial charge >= 0.3 is 0 Å². The average molecular weight is 287 g/mol. The van der Waals surface area contributed by atoms with Crippen molar-refractivity contribution in [3.8, 4) is 0 Å². The summed E-state index contributed by atoms with van der Waals surface area (Å²) in [5, 5.41) is 3.59. The normalized spacial score (nSPS) is 30.7. The molecule has 3 unspecified atom stereocenters. The number of nitrogen functional groups attached to an aromatic ring is 1. The number of nitrogens with one attached hydrogen (secondary N) is 2. The van der Waals surface area contributed by atoms with E-state index in [9.17, 15) is 0 Å². The lowest BCUT2D eigenvalue weighted by molar-refractivity contribution is 0.348. The first-order chi connectivity index (χ1) is 10.2. The molecule has 3 fully saturated rings. The topological polar surface area (TPSA) is 75.9 Å². The Bertz CT molecular complexity index is 540. The van der Waals surface area contributed by atoms with Crippen molar-refractivity contribution >= 4 is 11.6 Å². The number of nitrogens with two attached hydrogens (primary N) is 1. The Kier molecular flexibility index (Phi) is 3.25. The highest BCUT2D eigenvalue weighted by molar-refractivity contribution is 5.57. The van der Waals surface area contributed by atoms with Gasteiger partial charge in [-0.05, 0) is 56.8 Å². The minimum Gasteiger partial charge on any atom is -0.369 e. The molecule has 3 atom stereocenters. The van der Waals surface area contributed by atoms with Crippen LogP contribution in [-0.2, 0) is 0 Å². The Morgan fingerprint density at radius 2 is 1.90 bits per heavy atom. The molecule has 3 aliphatic rings. The van der Waals surface area contributed by atoms with Gasteiger partial charge in [0.05, 0.1) is 0 Å². The van der Waals surface area contributed by atoms with Gasteiger partial charge in [-0.15, -0.1) is 0 Å². The predicted molar refractivity (Wildman–Crippen MR) is 84.0 cm³/mol. The van der Waals surface area contributed by atoms with Crippen molar-refractivity contribution in [2.45, 2.75) is 51.4 Å². The van der Waals surface area contributed by atoms with Crippen LogP contribution in [0, 0.1) is 24.7 Å². The summed E-state index contributed by atoms with van der Waals surface area (Å²) in [4.78, 5) is 9.29. The van der Waals surface area contributed by atoms with Gasteiger partial charge in [0.15, 0.2) is 0 Å². The zero-order chi connectivity index (χ0) is 14.4. The molecule has 1 heterocycles. The van der Waals surface area contributed by atoms with E-state index in [1.807, 2.05) is 6.92 Å². The number of hydrogen-bond acceptors (Lipinski definition) is 5. The van der Waals surface area contributed by atoms with Crippen LogP contribution in [0.4, 0.5) is 11.6 Å². The summed E-state index contributed by atoms with van der Waals surface area (Å²) in [5.74, 6) is 11.6. The van der Waals surface area contributed by atoms with Crippen molar-refractivity contribution in [3.63, 3.8) is 0 Å². The molecule has 0 saturated heterocycles.